The maximum Gasteiger partial charge on any atom is 0.243 e. The van der Waals surface area contributed by atoms with E-state index >= 15 is 0 Å². The molecule has 0 spiro atoms. The Morgan fingerprint density at radius 3 is 2.76 bits per heavy atom. The third kappa shape index (κ3) is 3.67. The average Bonchev–Trinajstić information content (AvgIpc) is 2.95. The smallest absolute Gasteiger partial charge is 0.243 e. The summed E-state index contributed by atoms with van der Waals surface area (Å²) in [5, 5.41) is 2.90. The van der Waals surface area contributed by atoms with E-state index in [9.17, 15) is 13.2 Å². The van der Waals surface area contributed by atoms with Crippen LogP contribution in [-0.2, 0) is 21.2 Å². The van der Waals surface area contributed by atoms with Gasteiger partial charge in [-0.05, 0) is 50.8 Å². The van der Waals surface area contributed by atoms with Crippen LogP contribution in [0.2, 0.25) is 0 Å². The van der Waals surface area contributed by atoms with Gasteiger partial charge >= 0.3 is 0 Å². The van der Waals surface area contributed by atoms with Crippen molar-refractivity contribution in [1.29, 1.82) is 0 Å². The number of benzene rings is 1. The zero-order valence-electron chi connectivity index (χ0n) is 15.2. The van der Waals surface area contributed by atoms with E-state index in [0.717, 1.165) is 25.1 Å². The molecule has 1 aromatic rings. The number of nitrogens with zero attached hydrogens (tertiary/aromatic N) is 2. The lowest BCUT2D eigenvalue weighted by Crippen LogP contribution is -2.46. The highest BCUT2D eigenvalue weighted by atomic mass is 32.2. The molecule has 1 amide bonds. The number of fused-ring (bicyclic) bond motifs is 1. The number of nitrogens with one attached hydrogen (secondary N) is 1. The monoisotopic (exact) mass is 365 g/mol. The van der Waals surface area contributed by atoms with Crippen LogP contribution in [0.15, 0.2) is 23.1 Å². The Morgan fingerprint density at radius 2 is 2.04 bits per heavy atom. The summed E-state index contributed by atoms with van der Waals surface area (Å²) < 4.78 is 27.6. The van der Waals surface area contributed by atoms with E-state index in [2.05, 4.69) is 10.2 Å². The molecule has 6 nitrogen and oxygen atoms in total. The molecule has 1 N–H and O–H groups in total. The molecule has 1 aromatic carbocycles. The molecule has 0 saturated carbocycles. The van der Waals surface area contributed by atoms with Crippen molar-refractivity contribution in [3.8, 4) is 0 Å². The predicted molar refractivity (Wildman–Crippen MR) is 98.2 cm³/mol. The Morgan fingerprint density at radius 1 is 1.28 bits per heavy atom. The molecule has 1 saturated heterocycles. The zero-order chi connectivity index (χ0) is 18.2. The van der Waals surface area contributed by atoms with E-state index in [1.807, 2.05) is 27.0 Å². The van der Waals surface area contributed by atoms with Gasteiger partial charge in [-0.15, -0.1) is 0 Å². The van der Waals surface area contributed by atoms with Crippen LogP contribution in [0.1, 0.15) is 32.3 Å². The van der Waals surface area contributed by atoms with Crippen molar-refractivity contribution >= 4 is 21.6 Å². The number of sulfonamides is 1. The van der Waals surface area contributed by atoms with Gasteiger partial charge in [0, 0.05) is 38.4 Å². The first kappa shape index (κ1) is 18.2. The van der Waals surface area contributed by atoms with Crippen molar-refractivity contribution in [2.24, 2.45) is 5.92 Å². The quantitative estimate of drug-likeness (QED) is 0.880. The Hall–Kier alpha value is -1.60. The summed E-state index contributed by atoms with van der Waals surface area (Å²) in [6.07, 6.45) is 2.39. The highest BCUT2D eigenvalue weighted by molar-refractivity contribution is 7.89. The molecule has 2 aliphatic rings. The van der Waals surface area contributed by atoms with Crippen LogP contribution in [0.5, 0.6) is 0 Å². The third-order valence-corrected chi connectivity index (χ3v) is 6.87. The second kappa shape index (κ2) is 6.96. The van der Waals surface area contributed by atoms with Crippen LogP contribution < -0.4 is 10.2 Å². The Balaban J connectivity index is 1.80. The van der Waals surface area contributed by atoms with Crippen LogP contribution in [-0.4, -0.2) is 51.4 Å². The number of piperidine rings is 1. The number of rotatable bonds is 4. The van der Waals surface area contributed by atoms with Gasteiger partial charge < -0.3 is 10.2 Å². The predicted octanol–water partition coefficient (Wildman–Crippen LogP) is 1.60. The molecular weight excluding hydrogens is 338 g/mol. The molecule has 25 heavy (non-hydrogen) atoms. The van der Waals surface area contributed by atoms with Gasteiger partial charge in [0.1, 0.15) is 0 Å². The Kier molecular flexibility index (Phi) is 5.06. The number of amides is 1. The largest absolute Gasteiger partial charge is 0.374 e. The van der Waals surface area contributed by atoms with Gasteiger partial charge in [-0.3, -0.25) is 4.79 Å². The van der Waals surface area contributed by atoms with Crippen LogP contribution in [0, 0.1) is 5.92 Å². The third-order valence-electron chi connectivity index (χ3n) is 5.01. The lowest BCUT2D eigenvalue weighted by molar-refractivity contribution is -0.126. The van der Waals surface area contributed by atoms with Crippen molar-refractivity contribution in [3.05, 3.63) is 23.8 Å². The Bertz CT molecular complexity index is 761. The van der Waals surface area contributed by atoms with Gasteiger partial charge in [0.25, 0.3) is 0 Å². The van der Waals surface area contributed by atoms with Gasteiger partial charge in [0.15, 0.2) is 0 Å². The molecule has 2 aliphatic heterocycles. The first-order valence-corrected chi connectivity index (χ1v) is 10.4. The Labute approximate surface area is 150 Å². The summed E-state index contributed by atoms with van der Waals surface area (Å²) in [4.78, 5) is 14.7. The number of hydrogen-bond donors (Lipinski definition) is 1. The van der Waals surface area contributed by atoms with E-state index in [4.69, 9.17) is 0 Å². The number of likely N-dealkylation sites (N-methyl/N-ethyl adjacent to an activating group) is 1. The van der Waals surface area contributed by atoms with Gasteiger partial charge in [-0.1, -0.05) is 6.07 Å². The van der Waals surface area contributed by atoms with Gasteiger partial charge in [0.2, 0.25) is 15.9 Å². The molecule has 2 heterocycles. The highest BCUT2D eigenvalue weighted by Crippen LogP contribution is 2.31. The number of hydrogen-bond acceptors (Lipinski definition) is 4. The molecule has 7 heteroatoms. The zero-order valence-corrected chi connectivity index (χ0v) is 16.0. The van der Waals surface area contributed by atoms with Crippen LogP contribution in [0.3, 0.4) is 0 Å². The minimum absolute atomic E-state index is 0.0522. The summed E-state index contributed by atoms with van der Waals surface area (Å²) in [5.74, 6) is -0.327. The summed E-state index contributed by atoms with van der Waals surface area (Å²) in [5.41, 5.74) is 2.18. The molecule has 0 aromatic heterocycles. The van der Waals surface area contributed by atoms with E-state index in [0.29, 0.717) is 17.9 Å². The molecule has 3 rings (SSSR count). The first-order chi connectivity index (χ1) is 11.8. The van der Waals surface area contributed by atoms with E-state index < -0.39 is 10.0 Å². The fraction of sp³-hybridized carbons (Fsp3) is 0.611. The van der Waals surface area contributed by atoms with Crippen molar-refractivity contribution < 1.29 is 13.2 Å². The molecule has 0 bridgehead atoms. The lowest BCUT2D eigenvalue weighted by Gasteiger charge is -2.31. The van der Waals surface area contributed by atoms with Crippen LogP contribution in [0.4, 0.5) is 5.69 Å². The van der Waals surface area contributed by atoms with Crippen molar-refractivity contribution in [1.82, 2.24) is 9.62 Å². The second-order valence-corrected chi connectivity index (χ2v) is 9.27. The summed E-state index contributed by atoms with van der Waals surface area (Å²) in [6, 6.07) is 5.45. The maximum absolute atomic E-state index is 13.1. The molecule has 1 unspecified atom stereocenters. The minimum Gasteiger partial charge on any atom is -0.374 e. The van der Waals surface area contributed by atoms with Gasteiger partial charge in [0.05, 0.1) is 10.8 Å². The van der Waals surface area contributed by atoms with E-state index in [-0.39, 0.29) is 24.4 Å². The normalized spacial score (nSPS) is 21.4. The van der Waals surface area contributed by atoms with E-state index in [1.54, 1.807) is 12.1 Å². The standard InChI is InChI=1S/C18H27N3O3S/c1-13(2)19-18(22)15-5-4-9-21(12-15)25(23,24)16-7-6-14-8-10-20(3)17(14)11-16/h6-7,11,13,15H,4-5,8-10,12H2,1-3H3,(H,19,22). The summed E-state index contributed by atoms with van der Waals surface area (Å²) in [6.45, 7) is 5.47. The van der Waals surface area contributed by atoms with Gasteiger partial charge in [-0.25, -0.2) is 8.42 Å². The van der Waals surface area contributed by atoms with Crippen molar-refractivity contribution in [2.45, 2.75) is 44.0 Å². The molecular formula is C18H27N3O3S. The lowest BCUT2D eigenvalue weighted by atomic mass is 9.98. The minimum atomic E-state index is -3.58. The molecule has 138 valence electrons. The molecule has 0 aliphatic carbocycles. The maximum atomic E-state index is 13.1. The van der Waals surface area contributed by atoms with Crippen molar-refractivity contribution in [3.63, 3.8) is 0 Å². The summed E-state index contributed by atoms with van der Waals surface area (Å²) in [7, 11) is -1.59. The number of carbonyl (C=O) groups is 1. The van der Waals surface area contributed by atoms with E-state index in [1.165, 1.54) is 9.87 Å². The van der Waals surface area contributed by atoms with Gasteiger partial charge in [-0.2, -0.15) is 4.31 Å². The van der Waals surface area contributed by atoms with Crippen LogP contribution >= 0.6 is 0 Å². The fourth-order valence-corrected chi connectivity index (χ4v) is 5.15. The average molecular weight is 365 g/mol. The first-order valence-electron chi connectivity index (χ1n) is 8.93. The molecule has 1 fully saturated rings. The van der Waals surface area contributed by atoms with Crippen molar-refractivity contribution in [2.75, 3.05) is 31.6 Å². The summed E-state index contributed by atoms with van der Waals surface area (Å²) >= 11 is 0. The van der Waals surface area contributed by atoms with Crippen LogP contribution in [0.25, 0.3) is 0 Å². The topological polar surface area (TPSA) is 69.7 Å². The number of carbonyl (C=O) groups excluding carboxylic acids is 1. The second-order valence-electron chi connectivity index (χ2n) is 7.33. The molecule has 0 radical (unpaired) electrons. The fourth-order valence-electron chi connectivity index (χ4n) is 3.61. The highest BCUT2D eigenvalue weighted by Gasteiger charge is 2.34. The SMILES string of the molecule is CC(C)NC(=O)C1CCCN(S(=O)(=O)c2ccc3c(c2)N(C)CC3)C1. The number of anilines is 1. The molecule has 1 atom stereocenters.